The lowest BCUT2D eigenvalue weighted by molar-refractivity contribution is 0.206. The molecule has 1 atom stereocenters. The Morgan fingerprint density at radius 3 is 2.43 bits per heavy atom. The molecule has 21 heavy (non-hydrogen) atoms. The average molecular weight is 291 g/mol. The van der Waals surface area contributed by atoms with Gasteiger partial charge < -0.3 is 10.1 Å². The molecule has 1 unspecified atom stereocenters. The Morgan fingerprint density at radius 1 is 1.10 bits per heavy atom. The van der Waals surface area contributed by atoms with Crippen molar-refractivity contribution in [1.29, 1.82) is 0 Å². The van der Waals surface area contributed by atoms with Crippen LogP contribution >= 0.6 is 0 Å². The van der Waals surface area contributed by atoms with Crippen LogP contribution in [0.3, 0.4) is 0 Å². The third-order valence-electron chi connectivity index (χ3n) is 3.72. The summed E-state index contributed by atoms with van der Waals surface area (Å²) in [5, 5.41) is 3.48. The molecule has 0 saturated carbocycles. The summed E-state index contributed by atoms with van der Waals surface area (Å²) in [6.07, 6.45) is 2.53. The molecular weight excluding hydrogens is 258 g/mol. The first kappa shape index (κ1) is 18.0. The topological polar surface area (TPSA) is 21.3 Å². The van der Waals surface area contributed by atoms with E-state index in [1.54, 1.807) is 0 Å². The molecule has 2 nitrogen and oxygen atoms in total. The number of benzene rings is 1. The summed E-state index contributed by atoms with van der Waals surface area (Å²) in [5.74, 6) is 2.31. The van der Waals surface area contributed by atoms with Crippen molar-refractivity contribution in [2.75, 3.05) is 13.1 Å². The van der Waals surface area contributed by atoms with Gasteiger partial charge in [-0.3, -0.25) is 0 Å². The van der Waals surface area contributed by atoms with Crippen LogP contribution in [-0.4, -0.2) is 19.2 Å². The van der Waals surface area contributed by atoms with E-state index in [0.717, 1.165) is 37.6 Å². The number of hydrogen-bond acceptors (Lipinski definition) is 2. The monoisotopic (exact) mass is 291 g/mol. The second kappa shape index (κ2) is 9.09. The molecule has 1 aromatic rings. The molecule has 0 saturated heterocycles. The molecule has 0 aliphatic rings. The fourth-order valence-corrected chi connectivity index (χ4v) is 2.28. The Kier molecular flexibility index (Phi) is 7.81. The number of hydrogen-bond donors (Lipinski definition) is 1. The molecule has 0 radical (unpaired) electrons. The molecule has 0 heterocycles. The SMILES string of the molecule is Cc1ccc(C(C)C)cc1OC(C)CCCNCC(C)C. The number of nitrogens with one attached hydrogen (secondary N) is 1. The van der Waals surface area contributed by atoms with Crippen molar-refractivity contribution < 1.29 is 4.74 Å². The summed E-state index contributed by atoms with van der Waals surface area (Å²) >= 11 is 0. The summed E-state index contributed by atoms with van der Waals surface area (Å²) in [6, 6.07) is 6.57. The van der Waals surface area contributed by atoms with Crippen LogP contribution in [0.25, 0.3) is 0 Å². The van der Waals surface area contributed by atoms with E-state index in [9.17, 15) is 0 Å². The number of ether oxygens (including phenoxy) is 1. The highest BCUT2D eigenvalue weighted by Gasteiger charge is 2.09. The van der Waals surface area contributed by atoms with Gasteiger partial charge in [-0.1, -0.05) is 39.8 Å². The van der Waals surface area contributed by atoms with Crippen molar-refractivity contribution in [3.8, 4) is 5.75 Å². The third-order valence-corrected chi connectivity index (χ3v) is 3.72. The Balaban J connectivity index is 2.40. The second-order valence-electron chi connectivity index (χ2n) is 6.85. The van der Waals surface area contributed by atoms with E-state index in [-0.39, 0.29) is 6.10 Å². The fourth-order valence-electron chi connectivity index (χ4n) is 2.28. The Labute approximate surface area is 131 Å². The molecule has 0 aliphatic carbocycles. The lowest BCUT2D eigenvalue weighted by Gasteiger charge is -2.18. The van der Waals surface area contributed by atoms with Crippen LogP contribution in [0.5, 0.6) is 5.75 Å². The fraction of sp³-hybridized carbons (Fsp3) is 0.684. The third kappa shape index (κ3) is 6.99. The minimum absolute atomic E-state index is 0.270. The Bertz CT molecular complexity index is 412. The predicted molar refractivity (Wildman–Crippen MR) is 92.3 cm³/mol. The quantitative estimate of drug-likeness (QED) is 0.653. The molecule has 0 bridgehead atoms. The molecular formula is C19H33NO. The maximum Gasteiger partial charge on any atom is 0.122 e. The summed E-state index contributed by atoms with van der Waals surface area (Å²) in [4.78, 5) is 0. The van der Waals surface area contributed by atoms with Gasteiger partial charge in [-0.25, -0.2) is 0 Å². The smallest absolute Gasteiger partial charge is 0.122 e. The minimum atomic E-state index is 0.270. The van der Waals surface area contributed by atoms with E-state index in [4.69, 9.17) is 4.74 Å². The van der Waals surface area contributed by atoms with E-state index >= 15 is 0 Å². The molecule has 1 rings (SSSR count). The van der Waals surface area contributed by atoms with Gasteiger partial charge in [0, 0.05) is 0 Å². The zero-order chi connectivity index (χ0) is 15.8. The lowest BCUT2D eigenvalue weighted by atomic mass is 10.0. The first-order chi connectivity index (χ1) is 9.90. The maximum atomic E-state index is 6.14. The predicted octanol–water partition coefficient (Wildman–Crippen LogP) is 4.91. The van der Waals surface area contributed by atoms with Crippen LogP contribution in [0.2, 0.25) is 0 Å². The van der Waals surface area contributed by atoms with Crippen LogP contribution < -0.4 is 10.1 Å². The van der Waals surface area contributed by atoms with Crippen LogP contribution in [0.15, 0.2) is 18.2 Å². The number of aryl methyl sites for hydroxylation is 1. The van der Waals surface area contributed by atoms with Gasteiger partial charge in [0.2, 0.25) is 0 Å². The molecule has 0 amide bonds. The average Bonchev–Trinajstić information content (AvgIpc) is 2.40. The van der Waals surface area contributed by atoms with Crippen LogP contribution in [0, 0.1) is 12.8 Å². The van der Waals surface area contributed by atoms with E-state index in [2.05, 4.69) is 65.1 Å². The van der Waals surface area contributed by atoms with Crippen LogP contribution in [-0.2, 0) is 0 Å². The molecule has 0 fully saturated rings. The molecule has 1 aromatic carbocycles. The van der Waals surface area contributed by atoms with Gasteiger partial charge >= 0.3 is 0 Å². The lowest BCUT2D eigenvalue weighted by Crippen LogP contribution is -2.22. The largest absolute Gasteiger partial charge is 0.490 e. The van der Waals surface area contributed by atoms with Gasteiger partial charge in [0.25, 0.3) is 0 Å². The van der Waals surface area contributed by atoms with Crippen LogP contribution in [0.1, 0.15) is 64.5 Å². The zero-order valence-electron chi connectivity index (χ0n) is 14.7. The molecule has 0 aliphatic heterocycles. The standard InChI is InChI=1S/C19H33NO/c1-14(2)13-20-11-7-8-17(6)21-19-12-18(15(3)4)10-9-16(19)5/h9-10,12,14-15,17,20H,7-8,11,13H2,1-6H3. The maximum absolute atomic E-state index is 6.14. The zero-order valence-corrected chi connectivity index (χ0v) is 14.7. The summed E-state index contributed by atoms with van der Waals surface area (Å²) in [5.41, 5.74) is 2.57. The first-order valence-corrected chi connectivity index (χ1v) is 8.38. The van der Waals surface area contributed by atoms with Crippen molar-refractivity contribution >= 4 is 0 Å². The van der Waals surface area contributed by atoms with Gasteiger partial charge in [0.15, 0.2) is 0 Å². The van der Waals surface area contributed by atoms with E-state index in [1.807, 2.05) is 0 Å². The van der Waals surface area contributed by atoms with Gasteiger partial charge in [-0.15, -0.1) is 0 Å². The Hall–Kier alpha value is -1.02. The second-order valence-corrected chi connectivity index (χ2v) is 6.85. The number of rotatable bonds is 9. The molecule has 1 N–H and O–H groups in total. The minimum Gasteiger partial charge on any atom is -0.490 e. The van der Waals surface area contributed by atoms with Crippen molar-refractivity contribution in [3.05, 3.63) is 29.3 Å². The first-order valence-electron chi connectivity index (χ1n) is 8.38. The van der Waals surface area contributed by atoms with E-state index < -0.39 is 0 Å². The van der Waals surface area contributed by atoms with Gasteiger partial charge in [0.05, 0.1) is 6.10 Å². The van der Waals surface area contributed by atoms with Gasteiger partial charge in [-0.2, -0.15) is 0 Å². The summed E-state index contributed by atoms with van der Waals surface area (Å²) in [7, 11) is 0. The highest BCUT2D eigenvalue weighted by atomic mass is 16.5. The highest BCUT2D eigenvalue weighted by molar-refractivity contribution is 5.37. The molecule has 120 valence electrons. The van der Waals surface area contributed by atoms with Crippen molar-refractivity contribution in [2.45, 2.75) is 66.4 Å². The normalized spacial score (nSPS) is 13.0. The Morgan fingerprint density at radius 2 is 1.81 bits per heavy atom. The van der Waals surface area contributed by atoms with Crippen LogP contribution in [0.4, 0.5) is 0 Å². The van der Waals surface area contributed by atoms with Gasteiger partial charge in [-0.05, 0) is 68.8 Å². The van der Waals surface area contributed by atoms with E-state index in [0.29, 0.717) is 5.92 Å². The van der Waals surface area contributed by atoms with Crippen molar-refractivity contribution in [2.24, 2.45) is 5.92 Å². The van der Waals surface area contributed by atoms with Gasteiger partial charge in [0.1, 0.15) is 5.75 Å². The highest BCUT2D eigenvalue weighted by Crippen LogP contribution is 2.25. The van der Waals surface area contributed by atoms with Crippen molar-refractivity contribution in [3.63, 3.8) is 0 Å². The molecule has 2 heteroatoms. The van der Waals surface area contributed by atoms with Crippen molar-refractivity contribution in [1.82, 2.24) is 5.32 Å². The molecule has 0 spiro atoms. The summed E-state index contributed by atoms with van der Waals surface area (Å²) < 4.78 is 6.14. The molecule has 0 aromatic heterocycles. The summed E-state index contributed by atoms with van der Waals surface area (Å²) in [6.45, 7) is 15.4. The van der Waals surface area contributed by atoms with E-state index in [1.165, 1.54) is 11.1 Å².